The van der Waals surface area contributed by atoms with E-state index in [4.69, 9.17) is 11.6 Å². The first-order valence-electron chi connectivity index (χ1n) is 9.70. The van der Waals surface area contributed by atoms with Crippen LogP contribution >= 0.6 is 11.6 Å². The highest BCUT2D eigenvalue weighted by atomic mass is 35.5. The number of halogens is 1. The smallest absolute Gasteiger partial charge is 0.242 e. The fraction of sp³-hybridized carbons (Fsp3) is 0.391. The van der Waals surface area contributed by atoms with Crippen molar-refractivity contribution in [3.8, 4) is 0 Å². The largest absolute Gasteiger partial charge is 0.352 e. The minimum absolute atomic E-state index is 0.0683. The van der Waals surface area contributed by atoms with E-state index in [1.807, 2.05) is 57.2 Å². The van der Waals surface area contributed by atoms with Gasteiger partial charge in [-0.05, 0) is 50.5 Å². The zero-order valence-electron chi connectivity index (χ0n) is 17.0. The van der Waals surface area contributed by atoms with E-state index in [9.17, 15) is 9.59 Å². The predicted octanol–water partition coefficient (Wildman–Crippen LogP) is 4.52. The second-order valence-corrected chi connectivity index (χ2v) is 7.75. The van der Waals surface area contributed by atoms with Gasteiger partial charge in [0.2, 0.25) is 11.8 Å². The summed E-state index contributed by atoms with van der Waals surface area (Å²) in [5.74, 6) is -0.239. The molecule has 2 aromatic carbocycles. The number of carbonyl (C=O) groups excluding carboxylic acids is 2. The SMILES string of the molecule is CC[C@H](C)NC(=O)[C@H](C)N(Cc1cccc(C)c1)C(=O)Cc1cccc(Cl)c1. The molecule has 5 heteroatoms. The van der Waals surface area contributed by atoms with E-state index in [0.29, 0.717) is 11.6 Å². The lowest BCUT2D eigenvalue weighted by Crippen LogP contribution is -2.49. The van der Waals surface area contributed by atoms with Crippen molar-refractivity contribution in [2.24, 2.45) is 0 Å². The molecule has 2 aromatic rings. The van der Waals surface area contributed by atoms with Gasteiger partial charge in [0.15, 0.2) is 0 Å². The number of benzene rings is 2. The number of nitrogens with one attached hydrogen (secondary N) is 1. The Kier molecular flexibility index (Phi) is 8.06. The van der Waals surface area contributed by atoms with E-state index in [1.165, 1.54) is 0 Å². The number of amides is 2. The first-order chi connectivity index (χ1) is 13.3. The van der Waals surface area contributed by atoms with Crippen LogP contribution in [0.5, 0.6) is 0 Å². The van der Waals surface area contributed by atoms with Crippen LogP contribution in [0.15, 0.2) is 48.5 Å². The summed E-state index contributed by atoms with van der Waals surface area (Å²) in [7, 11) is 0. The quantitative estimate of drug-likeness (QED) is 0.708. The van der Waals surface area contributed by atoms with Gasteiger partial charge >= 0.3 is 0 Å². The molecule has 2 rings (SSSR count). The second-order valence-electron chi connectivity index (χ2n) is 7.31. The third kappa shape index (κ3) is 6.38. The molecule has 2 amide bonds. The number of aryl methyl sites for hydroxylation is 1. The van der Waals surface area contributed by atoms with Gasteiger partial charge in [-0.3, -0.25) is 9.59 Å². The molecule has 4 nitrogen and oxygen atoms in total. The Morgan fingerprint density at radius 2 is 1.75 bits per heavy atom. The van der Waals surface area contributed by atoms with Gasteiger partial charge in [-0.15, -0.1) is 0 Å². The fourth-order valence-corrected chi connectivity index (χ4v) is 3.19. The molecule has 0 bridgehead atoms. The van der Waals surface area contributed by atoms with Crippen LogP contribution in [0.4, 0.5) is 0 Å². The average Bonchev–Trinajstić information content (AvgIpc) is 2.65. The third-order valence-corrected chi connectivity index (χ3v) is 5.08. The molecule has 0 fully saturated rings. The Hall–Kier alpha value is -2.33. The molecular formula is C23H29ClN2O2. The molecule has 0 aromatic heterocycles. The minimum atomic E-state index is -0.568. The highest BCUT2D eigenvalue weighted by Crippen LogP contribution is 2.16. The van der Waals surface area contributed by atoms with Crippen molar-refractivity contribution >= 4 is 23.4 Å². The zero-order chi connectivity index (χ0) is 20.7. The minimum Gasteiger partial charge on any atom is -0.352 e. The van der Waals surface area contributed by atoms with Crippen LogP contribution in [0.3, 0.4) is 0 Å². The van der Waals surface area contributed by atoms with Gasteiger partial charge in [-0.25, -0.2) is 0 Å². The van der Waals surface area contributed by atoms with Crippen molar-refractivity contribution < 1.29 is 9.59 Å². The lowest BCUT2D eigenvalue weighted by Gasteiger charge is -2.30. The number of rotatable bonds is 8. The Labute approximate surface area is 172 Å². The molecule has 0 unspecified atom stereocenters. The van der Waals surface area contributed by atoms with Crippen LogP contribution < -0.4 is 5.32 Å². The molecule has 2 atom stereocenters. The lowest BCUT2D eigenvalue weighted by molar-refractivity contribution is -0.140. The van der Waals surface area contributed by atoms with Crippen LogP contribution in [-0.2, 0) is 22.6 Å². The van der Waals surface area contributed by atoms with E-state index in [0.717, 1.165) is 23.1 Å². The molecule has 0 radical (unpaired) electrons. The maximum Gasteiger partial charge on any atom is 0.242 e. The van der Waals surface area contributed by atoms with Crippen molar-refractivity contribution in [1.82, 2.24) is 10.2 Å². The van der Waals surface area contributed by atoms with E-state index in [-0.39, 0.29) is 24.3 Å². The van der Waals surface area contributed by atoms with Gasteiger partial charge in [0, 0.05) is 17.6 Å². The summed E-state index contributed by atoms with van der Waals surface area (Å²) in [6, 6.07) is 14.8. The zero-order valence-corrected chi connectivity index (χ0v) is 17.8. The first kappa shape index (κ1) is 22.0. The highest BCUT2D eigenvalue weighted by Gasteiger charge is 2.26. The van der Waals surface area contributed by atoms with Gasteiger partial charge in [0.1, 0.15) is 6.04 Å². The van der Waals surface area contributed by atoms with Crippen LogP contribution in [-0.4, -0.2) is 28.8 Å². The van der Waals surface area contributed by atoms with E-state index < -0.39 is 6.04 Å². The van der Waals surface area contributed by atoms with E-state index in [2.05, 4.69) is 5.32 Å². The van der Waals surface area contributed by atoms with Gasteiger partial charge in [0.25, 0.3) is 0 Å². The molecule has 0 aliphatic carbocycles. The number of carbonyl (C=O) groups is 2. The van der Waals surface area contributed by atoms with Gasteiger partial charge in [0.05, 0.1) is 6.42 Å². The summed E-state index contributed by atoms with van der Waals surface area (Å²) in [5, 5.41) is 3.58. The Balaban J connectivity index is 2.23. The van der Waals surface area contributed by atoms with Gasteiger partial charge in [-0.1, -0.05) is 60.5 Å². The summed E-state index contributed by atoms with van der Waals surface area (Å²) in [6.45, 7) is 8.16. The maximum atomic E-state index is 13.1. The summed E-state index contributed by atoms with van der Waals surface area (Å²) in [5.41, 5.74) is 2.96. The second kappa shape index (κ2) is 10.3. The molecule has 0 aliphatic rings. The van der Waals surface area contributed by atoms with Crippen LogP contribution in [0.2, 0.25) is 5.02 Å². The first-order valence-corrected chi connectivity index (χ1v) is 10.1. The molecule has 1 N–H and O–H groups in total. The molecule has 0 aliphatic heterocycles. The number of hydrogen-bond acceptors (Lipinski definition) is 2. The molecule has 0 spiro atoms. The van der Waals surface area contributed by atoms with Gasteiger partial charge < -0.3 is 10.2 Å². The number of hydrogen-bond donors (Lipinski definition) is 1. The van der Waals surface area contributed by atoms with E-state index in [1.54, 1.807) is 24.0 Å². The summed E-state index contributed by atoms with van der Waals surface area (Å²) in [6.07, 6.45) is 1.04. The lowest BCUT2D eigenvalue weighted by atomic mass is 10.1. The van der Waals surface area contributed by atoms with Crippen LogP contribution in [0.25, 0.3) is 0 Å². The average molecular weight is 401 g/mol. The Morgan fingerprint density at radius 1 is 1.07 bits per heavy atom. The molecular weight excluding hydrogens is 372 g/mol. The van der Waals surface area contributed by atoms with Crippen molar-refractivity contribution in [2.45, 2.75) is 59.2 Å². The predicted molar refractivity (Wildman–Crippen MR) is 114 cm³/mol. The van der Waals surface area contributed by atoms with Crippen molar-refractivity contribution in [1.29, 1.82) is 0 Å². The standard InChI is InChI=1S/C23H29ClN2O2/c1-5-17(3)25-23(28)18(4)26(15-20-10-6-8-16(2)12-20)22(27)14-19-9-7-11-21(24)13-19/h6-13,17-18H,5,14-15H2,1-4H3,(H,25,28)/t17-,18-/m0/s1. The number of nitrogens with zero attached hydrogens (tertiary/aromatic N) is 1. The molecule has 150 valence electrons. The topological polar surface area (TPSA) is 49.4 Å². The highest BCUT2D eigenvalue weighted by molar-refractivity contribution is 6.30. The van der Waals surface area contributed by atoms with Crippen molar-refractivity contribution in [3.63, 3.8) is 0 Å². The van der Waals surface area contributed by atoms with Crippen LogP contribution in [0, 0.1) is 6.92 Å². The summed E-state index contributed by atoms with van der Waals surface area (Å²) in [4.78, 5) is 27.5. The normalized spacial score (nSPS) is 12.9. The van der Waals surface area contributed by atoms with Crippen LogP contribution in [0.1, 0.15) is 43.9 Å². The van der Waals surface area contributed by atoms with Crippen molar-refractivity contribution in [2.75, 3.05) is 0 Å². The molecule has 0 saturated heterocycles. The third-order valence-electron chi connectivity index (χ3n) is 4.85. The maximum absolute atomic E-state index is 13.1. The Morgan fingerprint density at radius 3 is 2.39 bits per heavy atom. The molecule has 0 saturated carbocycles. The van der Waals surface area contributed by atoms with Crippen molar-refractivity contribution in [3.05, 3.63) is 70.2 Å². The Bertz CT molecular complexity index is 822. The summed E-state index contributed by atoms with van der Waals surface area (Å²) < 4.78 is 0. The van der Waals surface area contributed by atoms with E-state index >= 15 is 0 Å². The van der Waals surface area contributed by atoms with Gasteiger partial charge in [-0.2, -0.15) is 0 Å². The monoisotopic (exact) mass is 400 g/mol. The summed E-state index contributed by atoms with van der Waals surface area (Å²) >= 11 is 6.05. The molecule has 28 heavy (non-hydrogen) atoms. The molecule has 0 heterocycles. The fourth-order valence-electron chi connectivity index (χ4n) is 2.98.